The molecule has 0 aromatic heterocycles. The monoisotopic (exact) mass is 188 g/mol. The van der Waals surface area contributed by atoms with Crippen LogP contribution < -0.4 is 10.6 Å². The van der Waals surface area contributed by atoms with Crippen LogP contribution in [0.15, 0.2) is 0 Å². The number of hydrogen-bond donors (Lipinski definition) is 3. The molecule has 78 valence electrons. The molecule has 3 N–H and O–H groups in total. The molecule has 0 rings (SSSR count). The molecule has 0 aliphatic heterocycles. The summed E-state index contributed by atoms with van der Waals surface area (Å²) in [5.41, 5.74) is -0.0334. The van der Waals surface area contributed by atoms with Crippen LogP contribution >= 0.6 is 0 Å². The lowest BCUT2D eigenvalue weighted by molar-refractivity contribution is -0.120. The number of rotatable bonds is 5. The number of aliphatic hydroxyl groups is 1. The molecule has 0 aromatic rings. The Labute approximate surface area is 79.7 Å². The van der Waals surface area contributed by atoms with Gasteiger partial charge in [0, 0.05) is 18.7 Å². The van der Waals surface area contributed by atoms with Crippen LogP contribution in [-0.4, -0.2) is 36.2 Å². The Morgan fingerprint density at radius 2 is 2.00 bits per heavy atom. The van der Waals surface area contributed by atoms with Crippen LogP contribution in [0.25, 0.3) is 0 Å². The zero-order valence-electron chi connectivity index (χ0n) is 8.68. The number of amides is 1. The highest BCUT2D eigenvalue weighted by molar-refractivity contribution is 5.78. The fourth-order valence-electron chi connectivity index (χ4n) is 0.715. The van der Waals surface area contributed by atoms with E-state index in [0.29, 0.717) is 19.5 Å². The van der Waals surface area contributed by atoms with E-state index in [1.807, 2.05) is 20.8 Å². The third-order valence-corrected chi connectivity index (χ3v) is 1.44. The van der Waals surface area contributed by atoms with Crippen molar-refractivity contribution in [1.82, 2.24) is 10.6 Å². The van der Waals surface area contributed by atoms with Crippen molar-refractivity contribution in [2.45, 2.75) is 32.7 Å². The Bertz CT molecular complexity index is 152. The average molecular weight is 188 g/mol. The molecule has 4 heteroatoms. The van der Waals surface area contributed by atoms with Crippen molar-refractivity contribution in [3.63, 3.8) is 0 Å². The smallest absolute Gasteiger partial charge is 0.233 e. The van der Waals surface area contributed by atoms with Gasteiger partial charge in [-0.05, 0) is 27.2 Å². The Balaban J connectivity index is 3.41. The second kappa shape index (κ2) is 5.94. The van der Waals surface area contributed by atoms with Crippen molar-refractivity contribution < 1.29 is 9.90 Å². The first-order valence-electron chi connectivity index (χ1n) is 4.58. The van der Waals surface area contributed by atoms with E-state index in [4.69, 9.17) is 5.11 Å². The summed E-state index contributed by atoms with van der Waals surface area (Å²) in [4.78, 5) is 11.1. The van der Waals surface area contributed by atoms with Crippen LogP contribution in [0.4, 0.5) is 0 Å². The largest absolute Gasteiger partial charge is 0.396 e. The van der Waals surface area contributed by atoms with Crippen molar-refractivity contribution in [2.24, 2.45) is 0 Å². The van der Waals surface area contributed by atoms with Gasteiger partial charge >= 0.3 is 0 Å². The minimum atomic E-state index is -0.0334. The summed E-state index contributed by atoms with van der Waals surface area (Å²) in [5, 5.41) is 14.2. The molecule has 13 heavy (non-hydrogen) atoms. The van der Waals surface area contributed by atoms with Gasteiger partial charge in [0.1, 0.15) is 0 Å². The Morgan fingerprint density at radius 3 is 2.46 bits per heavy atom. The third kappa shape index (κ3) is 9.30. The molecule has 0 aromatic carbocycles. The maximum Gasteiger partial charge on any atom is 0.233 e. The molecule has 0 bridgehead atoms. The quantitative estimate of drug-likeness (QED) is 0.527. The number of carbonyl (C=O) groups excluding carboxylic acids is 1. The number of carbonyl (C=O) groups is 1. The van der Waals surface area contributed by atoms with Gasteiger partial charge in [-0.25, -0.2) is 0 Å². The summed E-state index contributed by atoms with van der Waals surface area (Å²) in [6.07, 6.45) is 0.612. The summed E-state index contributed by atoms with van der Waals surface area (Å²) in [5.74, 6) is -0.0247. The van der Waals surface area contributed by atoms with Crippen LogP contribution in [0.5, 0.6) is 0 Å². The van der Waals surface area contributed by atoms with Crippen LogP contribution in [-0.2, 0) is 4.79 Å². The lowest BCUT2D eigenvalue weighted by Crippen LogP contribution is -2.43. The molecular formula is C9H20N2O2. The lowest BCUT2D eigenvalue weighted by Gasteiger charge is -2.19. The third-order valence-electron chi connectivity index (χ3n) is 1.44. The van der Waals surface area contributed by atoms with Crippen molar-refractivity contribution in [3.05, 3.63) is 0 Å². The van der Waals surface area contributed by atoms with Gasteiger partial charge in [-0.1, -0.05) is 0 Å². The van der Waals surface area contributed by atoms with E-state index in [0.717, 1.165) is 0 Å². The molecule has 0 heterocycles. The fraction of sp³-hybridized carbons (Fsp3) is 0.889. The minimum absolute atomic E-state index is 0.0247. The normalized spacial score (nSPS) is 11.4. The van der Waals surface area contributed by atoms with Gasteiger partial charge in [0.15, 0.2) is 0 Å². The van der Waals surface area contributed by atoms with Crippen LogP contribution in [0.2, 0.25) is 0 Å². The minimum Gasteiger partial charge on any atom is -0.396 e. The SMILES string of the molecule is CC(C)(C)NCC(=O)NCCCO. The highest BCUT2D eigenvalue weighted by atomic mass is 16.3. The van der Waals surface area contributed by atoms with Crippen molar-refractivity contribution in [1.29, 1.82) is 0 Å². The summed E-state index contributed by atoms with van der Waals surface area (Å²) in [6, 6.07) is 0. The van der Waals surface area contributed by atoms with Gasteiger partial charge in [-0.15, -0.1) is 0 Å². The van der Waals surface area contributed by atoms with E-state index in [9.17, 15) is 4.79 Å². The van der Waals surface area contributed by atoms with E-state index in [1.165, 1.54) is 0 Å². The first-order chi connectivity index (χ1) is 5.95. The molecule has 0 aliphatic rings. The zero-order chi connectivity index (χ0) is 10.3. The predicted octanol–water partition coefficient (Wildman–Crippen LogP) is -0.127. The van der Waals surface area contributed by atoms with Crippen molar-refractivity contribution in [2.75, 3.05) is 19.7 Å². The first-order valence-corrected chi connectivity index (χ1v) is 4.58. The number of aliphatic hydroxyl groups excluding tert-OH is 1. The maximum absolute atomic E-state index is 11.1. The summed E-state index contributed by atoms with van der Waals surface area (Å²) in [6.45, 7) is 7.01. The predicted molar refractivity (Wildman–Crippen MR) is 52.5 cm³/mol. The Kier molecular flexibility index (Phi) is 5.66. The van der Waals surface area contributed by atoms with Crippen LogP contribution in [0.1, 0.15) is 27.2 Å². The van der Waals surface area contributed by atoms with E-state index in [-0.39, 0.29) is 18.1 Å². The topological polar surface area (TPSA) is 61.4 Å². The lowest BCUT2D eigenvalue weighted by atomic mass is 10.1. The highest BCUT2D eigenvalue weighted by Gasteiger charge is 2.10. The maximum atomic E-state index is 11.1. The summed E-state index contributed by atoms with van der Waals surface area (Å²) in [7, 11) is 0. The standard InChI is InChI=1S/C9H20N2O2/c1-9(2,3)11-7-8(13)10-5-4-6-12/h11-12H,4-7H2,1-3H3,(H,10,13). The molecule has 0 saturated heterocycles. The highest BCUT2D eigenvalue weighted by Crippen LogP contribution is 1.96. The molecule has 0 radical (unpaired) electrons. The molecule has 0 unspecified atom stereocenters. The number of hydrogen-bond acceptors (Lipinski definition) is 3. The molecule has 0 spiro atoms. The molecule has 4 nitrogen and oxygen atoms in total. The average Bonchev–Trinajstić information content (AvgIpc) is 2.00. The molecular weight excluding hydrogens is 168 g/mol. The second-order valence-corrected chi connectivity index (χ2v) is 4.03. The molecule has 0 saturated carbocycles. The van der Waals surface area contributed by atoms with Gasteiger partial charge < -0.3 is 15.7 Å². The molecule has 0 fully saturated rings. The Morgan fingerprint density at radius 1 is 1.38 bits per heavy atom. The van der Waals surface area contributed by atoms with Gasteiger partial charge in [-0.3, -0.25) is 4.79 Å². The summed E-state index contributed by atoms with van der Waals surface area (Å²) < 4.78 is 0. The van der Waals surface area contributed by atoms with Gasteiger partial charge in [0.25, 0.3) is 0 Å². The van der Waals surface area contributed by atoms with E-state index in [1.54, 1.807) is 0 Å². The van der Waals surface area contributed by atoms with Gasteiger partial charge in [0.05, 0.1) is 6.54 Å². The molecule has 1 amide bonds. The molecule has 0 aliphatic carbocycles. The van der Waals surface area contributed by atoms with Gasteiger partial charge in [-0.2, -0.15) is 0 Å². The Hall–Kier alpha value is -0.610. The van der Waals surface area contributed by atoms with Crippen molar-refractivity contribution >= 4 is 5.91 Å². The number of nitrogens with one attached hydrogen (secondary N) is 2. The zero-order valence-corrected chi connectivity index (χ0v) is 8.68. The van der Waals surface area contributed by atoms with Crippen LogP contribution in [0.3, 0.4) is 0 Å². The van der Waals surface area contributed by atoms with E-state index >= 15 is 0 Å². The molecule has 0 atom stereocenters. The van der Waals surface area contributed by atoms with E-state index in [2.05, 4.69) is 10.6 Å². The van der Waals surface area contributed by atoms with Gasteiger partial charge in [0.2, 0.25) is 5.91 Å². The van der Waals surface area contributed by atoms with Crippen LogP contribution in [0, 0.1) is 0 Å². The first kappa shape index (κ1) is 12.4. The van der Waals surface area contributed by atoms with E-state index < -0.39 is 0 Å². The second-order valence-electron chi connectivity index (χ2n) is 4.03. The van der Waals surface area contributed by atoms with Crippen molar-refractivity contribution in [3.8, 4) is 0 Å². The fourth-order valence-corrected chi connectivity index (χ4v) is 0.715. The summed E-state index contributed by atoms with van der Waals surface area (Å²) >= 11 is 0.